The molecule has 0 radical (unpaired) electrons. The van der Waals surface area contributed by atoms with Gasteiger partial charge in [0.1, 0.15) is 5.76 Å². The van der Waals surface area contributed by atoms with Crippen LogP contribution in [0.15, 0.2) is 57.7 Å². The highest BCUT2D eigenvalue weighted by Gasteiger charge is 2.30. The Morgan fingerprint density at radius 1 is 1.10 bits per heavy atom. The lowest BCUT2D eigenvalue weighted by Crippen LogP contribution is -2.42. The van der Waals surface area contributed by atoms with Crippen molar-refractivity contribution in [1.29, 1.82) is 0 Å². The topological polar surface area (TPSA) is 87.8 Å². The van der Waals surface area contributed by atoms with E-state index >= 15 is 0 Å². The molecule has 6 heteroatoms. The minimum absolute atomic E-state index is 0.159. The van der Waals surface area contributed by atoms with Crippen molar-refractivity contribution in [3.05, 3.63) is 69.9 Å². The maximum absolute atomic E-state index is 13.2. The fourth-order valence-electron chi connectivity index (χ4n) is 3.88. The highest BCUT2D eigenvalue weighted by molar-refractivity contribution is 6.05. The van der Waals surface area contributed by atoms with Gasteiger partial charge in [0, 0.05) is 24.2 Å². The summed E-state index contributed by atoms with van der Waals surface area (Å²) in [6.45, 7) is 2.36. The van der Waals surface area contributed by atoms with E-state index in [1.165, 1.54) is 0 Å². The van der Waals surface area contributed by atoms with Crippen LogP contribution in [-0.2, 0) is 4.79 Å². The van der Waals surface area contributed by atoms with Crippen LogP contribution in [0.3, 0.4) is 0 Å². The van der Waals surface area contributed by atoms with Crippen molar-refractivity contribution < 1.29 is 19.1 Å². The molecule has 0 saturated carbocycles. The fourth-order valence-corrected chi connectivity index (χ4v) is 3.88. The molecule has 0 aliphatic carbocycles. The molecule has 1 amide bonds. The third-order valence-corrected chi connectivity index (χ3v) is 5.47. The Morgan fingerprint density at radius 2 is 1.86 bits per heavy atom. The highest BCUT2D eigenvalue weighted by Crippen LogP contribution is 2.28. The van der Waals surface area contributed by atoms with Crippen molar-refractivity contribution in [2.75, 3.05) is 13.1 Å². The van der Waals surface area contributed by atoms with E-state index in [-0.39, 0.29) is 29.0 Å². The van der Waals surface area contributed by atoms with E-state index in [9.17, 15) is 19.5 Å². The molecular weight excluding hydrogens is 370 g/mol. The van der Waals surface area contributed by atoms with Gasteiger partial charge in [0.15, 0.2) is 11.0 Å². The van der Waals surface area contributed by atoms with E-state index < -0.39 is 11.9 Å². The maximum Gasteiger partial charge on any atom is 0.308 e. The lowest BCUT2D eigenvalue weighted by molar-refractivity contribution is -0.143. The zero-order chi connectivity index (χ0) is 20.5. The molecule has 1 aromatic heterocycles. The third kappa shape index (κ3) is 3.42. The summed E-state index contributed by atoms with van der Waals surface area (Å²) in [7, 11) is 0. The Morgan fingerprint density at radius 3 is 2.59 bits per heavy atom. The average molecular weight is 391 g/mol. The van der Waals surface area contributed by atoms with Gasteiger partial charge in [-0.25, -0.2) is 0 Å². The second kappa shape index (κ2) is 7.54. The van der Waals surface area contributed by atoms with Crippen molar-refractivity contribution in [2.45, 2.75) is 19.8 Å². The number of fused-ring (bicyclic) bond motifs is 1. The molecule has 6 nitrogen and oxygen atoms in total. The maximum atomic E-state index is 13.2. The molecule has 1 saturated heterocycles. The first-order chi connectivity index (χ1) is 14.0. The summed E-state index contributed by atoms with van der Waals surface area (Å²) < 4.78 is 6.11. The van der Waals surface area contributed by atoms with Crippen LogP contribution in [0.4, 0.5) is 0 Å². The smallest absolute Gasteiger partial charge is 0.308 e. The number of hydrogen-bond acceptors (Lipinski definition) is 4. The Labute approximate surface area is 167 Å². The molecule has 1 N–H and O–H groups in total. The molecule has 1 atom stereocenters. The molecular formula is C23H21NO5. The van der Waals surface area contributed by atoms with E-state index in [1.807, 2.05) is 30.3 Å². The second-order valence-corrected chi connectivity index (χ2v) is 7.36. The summed E-state index contributed by atoms with van der Waals surface area (Å²) in [4.78, 5) is 39.0. The van der Waals surface area contributed by atoms with E-state index in [4.69, 9.17) is 4.42 Å². The molecule has 1 aliphatic heterocycles. The number of amides is 1. The monoisotopic (exact) mass is 391 g/mol. The number of benzene rings is 2. The molecule has 0 bridgehead atoms. The highest BCUT2D eigenvalue weighted by atomic mass is 16.4. The molecule has 2 aromatic carbocycles. The standard InChI is InChI=1S/C23H21NO5/c1-14-19(25)17-10-5-11-18(21(17)29-20(14)15-7-3-2-4-8-15)22(26)24-12-6-9-16(13-24)23(27)28/h2-5,7-8,10-11,16H,6,9,12-13H2,1H3,(H,27,28). The van der Waals surface area contributed by atoms with Crippen molar-refractivity contribution in [3.8, 4) is 11.3 Å². The van der Waals surface area contributed by atoms with Gasteiger partial charge >= 0.3 is 5.97 Å². The zero-order valence-corrected chi connectivity index (χ0v) is 16.1. The van der Waals surface area contributed by atoms with Crippen LogP contribution in [0.5, 0.6) is 0 Å². The number of rotatable bonds is 3. The van der Waals surface area contributed by atoms with E-state index in [2.05, 4.69) is 0 Å². The largest absolute Gasteiger partial charge is 0.481 e. The number of carboxylic acids is 1. The Bertz CT molecular complexity index is 1150. The Balaban J connectivity index is 1.83. The number of carboxylic acid groups (broad SMARTS) is 1. The number of likely N-dealkylation sites (tertiary alicyclic amines) is 1. The van der Waals surface area contributed by atoms with Gasteiger partial charge in [0.05, 0.1) is 16.9 Å². The Kier molecular flexibility index (Phi) is 4.92. The van der Waals surface area contributed by atoms with Gasteiger partial charge in [-0.2, -0.15) is 0 Å². The van der Waals surface area contributed by atoms with Crippen LogP contribution in [0.2, 0.25) is 0 Å². The number of carbonyl (C=O) groups excluding carboxylic acids is 1. The van der Waals surface area contributed by atoms with Crippen molar-refractivity contribution in [3.63, 3.8) is 0 Å². The predicted molar refractivity (Wildman–Crippen MR) is 109 cm³/mol. The quantitative estimate of drug-likeness (QED) is 0.735. The first kappa shape index (κ1) is 18.9. The fraction of sp³-hybridized carbons (Fsp3) is 0.261. The van der Waals surface area contributed by atoms with Gasteiger partial charge in [-0.15, -0.1) is 0 Å². The van der Waals surface area contributed by atoms with Gasteiger partial charge in [0.2, 0.25) is 0 Å². The predicted octanol–water partition coefficient (Wildman–Crippen LogP) is 3.71. The van der Waals surface area contributed by atoms with E-state index in [0.717, 1.165) is 5.56 Å². The first-order valence-corrected chi connectivity index (χ1v) is 9.61. The minimum atomic E-state index is -0.894. The number of aliphatic carboxylic acids is 1. The van der Waals surface area contributed by atoms with E-state index in [0.29, 0.717) is 36.1 Å². The van der Waals surface area contributed by atoms with Gasteiger partial charge in [-0.3, -0.25) is 14.4 Å². The lowest BCUT2D eigenvalue weighted by atomic mass is 9.97. The van der Waals surface area contributed by atoms with Crippen LogP contribution < -0.4 is 5.43 Å². The summed E-state index contributed by atoms with van der Waals surface area (Å²) in [6.07, 6.45) is 1.19. The Hall–Kier alpha value is -3.41. The molecule has 4 rings (SSSR count). The molecule has 1 unspecified atom stereocenters. The van der Waals surface area contributed by atoms with Gasteiger partial charge < -0.3 is 14.4 Å². The van der Waals surface area contributed by atoms with Crippen LogP contribution in [0.1, 0.15) is 28.8 Å². The van der Waals surface area contributed by atoms with Crippen molar-refractivity contribution in [1.82, 2.24) is 4.90 Å². The zero-order valence-electron chi connectivity index (χ0n) is 16.1. The third-order valence-electron chi connectivity index (χ3n) is 5.47. The summed E-state index contributed by atoms with van der Waals surface area (Å²) in [6, 6.07) is 14.2. The minimum Gasteiger partial charge on any atom is -0.481 e. The number of nitrogens with zero attached hydrogens (tertiary/aromatic N) is 1. The summed E-state index contributed by atoms with van der Waals surface area (Å²) >= 11 is 0. The van der Waals surface area contributed by atoms with Crippen LogP contribution in [-0.4, -0.2) is 35.0 Å². The summed E-state index contributed by atoms with van der Waals surface area (Å²) in [5, 5.41) is 9.66. The van der Waals surface area contributed by atoms with Crippen molar-refractivity contribution >= 4 is 22.8 Å². The molecule has 29 heavy (non-hydrogen) atoms. The number of piperidine rings is 1. The number of carbonyl (C=O) groups is 2. The first-order valence-electron chi connectivity index (χ1n) is 9.61. The summed E-state index contributed by atoms with van der Waals surface area (Å²) in [5.41, 5.74) is 1.58. The molecule has 0 spiro atoms. The summed E-state index contributed by atoms with van der Waals surface area (Å²) in [5.74, 6) is -1.34. The molecule has 3 aromatic rings. The lowest BCUT2D eigenvalue weighted by Gasteiger charge is -2.30. The normalized spacial score (nSPS) is 16.7. The molecule has 1 aliphatic rings. The van der Waals surface area contributed by atoms with Crippen LogP contribution in [0.25, 0.3) is 22.3 Å². The number of para-hydroxylation sites is 1. The van der Waals surface area contributed by atoms with Crippen LogP contribution >= 0.6 is 0 Å². The van der Waals surface area contributed by atoms with Gasteiger partial charge in [-0.05, 0) is 31.9 Å². The SMILES string of the molecule is Cc1c(-c2ccccc2)oc2c(C(=O)N3CCCC(C(=O)O)C3)cccc2c1=O. The van der Waals surface area contributed by atoms with E-state index in [1.54, 1.807) is 30.0 Å². The van der Waals surface area contributed by atoms with Gasteiger partial charge in [-0.1, -0.05) is 36.4 Å². The molecule has 148 valence electrons. The number of hydrogen-bond donors (Lipinski definition) is 1. The van der Waals surface area contributed by atoms with Gasteiger partial charge in [0.25, 0.3) is 5.91 Å². The average Bonchev–Trinajstić information content (AvgIpc) is 2.76. The van der Waals surface area contributed by atoms with Crippen LogP contribution in [0, 0.1) is 12.8 Å². The molecule has 2 heterocycles. The van der Waals surface area contributed by atoms with Crippen molar-refractivity contribution in [2.24, 2.45) is 5.92 Å². The second-order valence-electron chi connectivity index (χ2n) is 7.36. The molecule has 1 fully saturated rings.